The molecule has 4 rings (SSSR count). The molecule has 0 N–H and O–H groups in total. The molecule has 1 amide bonds. The molecule has 0 bridgehead atoms. The van der Waals surface area contributed by atoms with Crippen molar-refractivity contribution in [1.82, 2.24) is 9.88 Å². The lowest BCUT2D eigenvalue weighted by molar-refractivity contribution is -0.131. The van der Waals surface area contributed by atoms with Crippen LogP contribution >= 0.6 is 11.6 Å². The van der Waals surface area contributed by atoms with Crippen molar-refractivity contribution in [2.75, 3.05) is 31.1 Å². The van der Waals surface area contributed by atoms with E-state index in [-0.39, 0.29) is 27.6 Å². The average molecular weight is 474 g/mol. The Labute approximate surface area is 192 Å². The van der Waals surface area contributed by atoms with Gasteiger partial charge in [0.25, 0.3) is 0 Å². The normalized spacial score (nSPS) is 14.6. The van der Waals surface area contributed by atoms with Gasteiger partial charge in [-0.05, 0) is 37.3 Å². The highest BCUT2D eigenvalue weighted by atomic mass is 35.5. The molecule has 1 aromatic heterocycles. The van der Waals surface area contributed by atoms with Crippen molar-refractivity contribution in [3.05, 3.63) is 59.1 Å². The first kappa shape index (κ1) is 22.4. The highest BCUT2D eigenvalue weighted by molar-refractivity contribution is 7.91. The third-order valence-electron chi connectivity index (χ3n) is 5.46. The molecule has 0 unspecified atom stereocenters. The van der Waals surface area contributed by atoms with Gasteiger partial charge in [0.2, 0.25) is 32.5 Å². The Balaban J connectivity index is 1.76. The van der Waals surface area contributed by atoms with E-state index in [0.29, 0.717) is 43.2 Å². The molecule has 7 nitrogen and oxygen atoms in total. The summed E-state index contributed by atoms with van der Waals surface area (Å²) in [6, 6.07) is 13.6. The summed E-state index contributed by atoms with van der Waals surface area (Å²) in [7, 11) is -3.93. The fourth-order valence-corrected chi connectivity index (χ4v) is 5.14. The van der Waals surface area contributed by atoms with Crippen LogP contribution in [0.25, 0.3) is 11.5 Å². The maximum atomic E-state index is 13.5. The highest BCUT2D eigenvalue weighted by Gasteiger charge is 2.33. The second-order valence-electron chi connectivity index (χ2n) is 7.68. The summed E-state index contributed by atoms with van der Waals surface area (Å²) in [5.74, 6) is 0.443. The van der Waals surface area contributed by atoms with Crippen molar-refractivity contribution in [3.63, 3.8) is 0 Å². The summed E-state index contributed by atoms with van der Waals surface area (Å²) >= 11 is 6.11. The molecule has 1 aliphatic rings. The van der Waals surface area contributed by atoms with Crippen LogP contribution in [-0.2, 0) is 14.6 Å². The third-order valence-corrected chi connectivity index (χ3v) is 7.36. The highest BCUT2D eigenvalue weighted by Crippen LogP contribution is 2.35. The first-order valence-corrected chi connectivity index (χ1v) is 12.3. The number of hydrogen-bond donors (Lipinski definition) is 0. The first-order valence-electron chi connectivity index (χ1n) is 10.4. The van der Waals surface area contributed by atoms with Crippen LogP contribution in [0, 0.1) is 6.92 Å². The summed E-state index contributed by atoms with van der Waals surface area (Å²) in [5, 5.41) is 0.364. The van der Waals surface area contributed by atoms with Gasteiger partial charge in [-0.25, -0.2) is 8.42 Å². The molecule has 0 saturated carbocycles. The number of halogens is 1. The molecular weight excluding hydrogens is 450 g/mol. The maximum Gasteiger partial charge on any atom is 0.236 e. The minimum Gasteiger partial charge on any atom is -0.419 e. The van der Waals surface area contributed by atoms with E-state index in [4.69, 9.17) is 16.0 Å². The molecule has 0 atom stereocenters. The molecule has 0 aliphatic carbocycles. The number of hydrogen-bond acceptors (Lipinski definition) is 6. The fourth-order valence-electron chi connectivity index (χ4n) is 3.63. The molecule has 1 fully saturated rings. The Bertz CT molecular complexity index is 1230. The SMILES string of the molecule is CCC(=O)N1CCN(c2oc(-c3cccc(Cl)c3)nc2S(=O)(=O)c2ccc(C)cc2)CC1. The number of benzene rings is 2. The summed E-state index contributed by atoms with van der Waals surface area (Å²) in [5.41, 5.74) is 1.55. The number of carbonyl (C=O) groups is 1. The van der Waals surface area contributed by atoms with Crippen LogP contribution in [0.2, 0.25) is 5.02 Å². The van der Waals surface area contributed by atoms with E-state index in [1.54, 1.807) is 53.4 Å². The van der Waals surface area contributed by atoms with Crippen molar-refractivity contribution in [1.29, 1.82) is 0 Å². The van der Waals surface area contributed by atoms with E-state index in [1.807, 2.05) is 18.7 Å². The van der Waals surface area contributed by atoms with Gasteiger partial charge in [0.15, 0.2) is 0 Å². The monoisotopic (exact) mass is 473 g/mol. The molecule has 32 heavy (non-hydrogen) atoms. The van der Waals surface area contributed by atoms with E-state index in [2.05, 4.69) is 4.98 Å². The van der Waals surface area contributed by atoms with Crippen molar-refractivity contribution in [2.45, 2.75) is 30.2 Å². The number of amides is 1. The van der Waals surface area contributed by atoms with Gasteiger partial charge in [0.05, 0.1) is 4.90 Å². The van der Waals surface area contributed by atoms with E-state index in [9.17, 15) is 13.2 Å². The summed E-state index contributed by atoms with van der Waals surface area (Å²) in [4.78, 5) is 20.2. The van der Waals surface area contributed by atoms with Gasteiger partial charge in [0, 0.05) is 43.2 Å². The standard InChI is InChI=1S/C23H24ClN3O4S/c1-3-20(28)26-11-13-27(14-12-26)23-22(32(29,30)19-9-7-16(2)8-10-19)25-21(31-23)17-5-4-6-18(24)15-17/h4-10,15H,3,11-14H2,1-2H3. The van der Waals surface area contributed by atoms with Crippen LogP contribution in [-0.4, -0.2) is 50.4 Å². The summed E-state index contributed by atoms with van der Waals surface area (Å²) in [6.45, 7) is 5.60. The maximum absolute atomic E-state index is 13.5. The molecule has 168 valence electrons. The molecule has 3 aromatic rings. The van der Waals surface area contributed by atoms with Gasteiger partial charge >= 0.3 is 0 Å². The number of oxazole rings is 1. The predicted octanol–water partition coefficient (Wildman–Crippen LogP) is 4.19. The lowest BCUT2D eigenvalue weighted by Crippen LogP contribution is -2.48. The molecule has 9 heteroatoms. The Morgan fingerprint density at radius 3 is 2.41 bits per heavy atom. The molecule has 0 spiro atoms. The lowest BCUT2D eigenvalue weighted by atomic mass is 10.2. The number of aromatic nitrogens is 1. The number of sulfone groups is 1. The number of aryl methyl sites for hydroxylation is 1. The molecule has 0 radical (unpaired) electrons. The van der Waals surface area contributed by atoms with E-state index >= 15 is 0 Å². The fraction of sp³-hybridized carbons (Fsp3) is 0.304. The topological polar surface area (TPSA) is 83.7 Å². The van der Waals surface area contributed by atoms with Crippen LogP contribution in [0.4, 0.5) is 5.88 Å². The van der Waals surface area contributed by atoms with Crippen molar-refractivity contribution in [2.24, 2.45) is 0 Å². The number of rotatable bonds is 5. The van der Waals surface area contributed by atoms with Gasteiger partial charge in [0.1, 0.15) is 0 Å². The lowest BCUT2D eigenvalue weighted by Gasteiger charge is -2.34. The smallest absolute Gasteiger partial charge is 0.236 e. The molecule has 1 saturated heterocycles. The number of piperazine rings is 1. The summed E-state index contributed by atoms with van der Waals surface area (Å²) < 4.78 is 33.0. The van der Waals surface area contributed by atoms with Crippen molar-refractivity contribution >= 4 is 33.2 Å². The summed E-state index contributed by atoms with van der Waals surface area (Å²) in [6.07, 6.45) is 0.439. The Morgan fingerprint density at radius 1 is 1.09 bits per heavy atom. The van der Waals surface area contributed by atoms with Crippen molar-refractivity contribution < 1.29 is 17.6 Å². The van der Waals surface area contributed by atoms with Crippen LogP contribution in [0.5, 0.6) is 0 Å². The quantitative estimate of drug-likeness (QED) is 0.552. The zero-order chi connectivity index (χ0) is 22.9. The number of carbonyl (C=O) groups excluding carboxylic acids is 1. The molecular formula is C23H24ClN3O4S. The minimum absolute atomic E-state index is 0.0781. The number of nitrogens with zero attached hydrogens (tertiary/aromatic N) is 3. The predicted molar refractivity (Wildman–Crippen MR) is 123 cm³/mol. The third kappa shape index (κ3) is 4.38. The minimum atomic E-state index is -3.93. The Kier molecular flexibility index (Phi) is 6.26. The van der Waals surface area contributed by atoms with Gasteiger partial charge in [-0.2, -0.15) is 4.98 Å². The molecule has 2 heterocycles. The van der Waals surface area contributed by atoms with E-state index in [0.717, 1.165) is 5.56 Å². The average Bonchev–Trinajstić information content (AvgIpc) is 3.25. The van der Waals surface area contributed by atoms with Gasteiger partial charge in [-0.1, -0.05) is 42.3 Å². The second-order valence-corrected chi connectivity index (χ2v) is 9.98. The molecule has 2 aromatic carbocycles. The Hall–Kier alpha value is -2.84. The van der Waals surface area contributed by atoms with Crippen LogP contribution in [0.3, 0.4) is 0 Å². The van der Waals surface area contributed by atoms with Gasteiger partial charge in [-0.3, -0.25) is 4.79 Å². The van der Waals surface area contributed by atoms with Crippen molar-refractivity contribution in [3.8, 4) is 11.5 Å². The van der Waals surface area contributed by atoms with E-state index < -0.39 is 9.84 Å². The zero-order valence-corrected chi connectivity index (χ0v) is 19.5. The largest absolute Gasteiger partial charge is 0.419 e. The first-order chi connectivity index (χ1) is 15.3. The van der Waals surface area contributed by atoms with Crippen LogP contribution in [0.1, 0.15) is 18.9 Å². The Morgan fingerprint density at radius 2 is 1.78 bits per heavy atom. The second kappa shape index (κ2) is 8.96. The van der Waals surface area contributed by atoms with Crippen LogP contribution in [0.15, 0.2) is 62.9 Å². The van der Waals surface area contributed by atoms with Gasteiger partial charge in [-0.15, -0.1) is 0 Å². The van der Waals surface area contributed by atoms with E-state index in [1.165, 1.54) is 0 Å². The molecule has 1 aliphatic heterocycles. The number of anilines is 1. The zero-order valence-electron chi connectivity index (χ0n) is 17.9. The van der Waals surface area contributed by atoms with Gasteiger partial charge < -0.3 is 14.2 Å². The van der Waals surface area contributed by atoms with Crippen LogP contribution < -0.4 is 4.90 Å².